The highest BCUT2D eigenvalue weighted by molar-refractivity contribution is 5.92. The second-order valence-corrected chi connectivity index (χ2v) is 3.81. The molecular formula is C13H17N3O2. The van der Waals surface area contributed by atoms with Crippen molar-refractivity contribution in [2.45, 2.75) is 19.9 Å². The van der Waals surface area contributed by atoms with Crippen molar-refractivity contribution < 1.29 is 4.79 Å². The van der Waals surface area contributed by atoms with E-state index in [1.165, 1.54) is 6.07 Å². The number of carbonyl (C=O) groups is 1. The summed E-state index contributed by atoms with van der Waals surface area (Å²) in [4.78, 5) is 23.0. The van der Waals surface area contributed by atoms with Crippen LogP contribution in [-0.4, -0.2) is 23.6 Å². The Morgan fingerprint density at radius 2 is 2.28 bits per heavy atom. The molecule has 1 aromatic heterocycles. The number of amides is 1. The van der Waals surface area contributed by atoms with Crippen molar-refractivity contribution in [2.75, 3.05) is 18.4 Å². The molecule has 5 heteroatoms. The van der Waals surface area contributed by atoms with Gasteiger partial charge in [-0.3, -0.25) is 14.9 Å². The van der Waals surface area contributed by atoms with Gasteiger partial charge in [-0.15, -0.1) is 6.42 Å². The normalized spacial score (nSPS) is 9.78. The summed E-state index contributed by atoms with van der Waals surface area (Å²) in [6.07, 6.45) is 7.56. The highest BCUT2D eigenvalue weighted by Gasteiger charge is 2.03. The maximum Gasteiger partial charge on any atom is 0.250 e. The molecule has 5 nitrogen and oxygen atoms in total. The van der Waals surface area contributed by atoms with Crippen molar-refractivity contribution in [3.05, 3.63) is 28.7 Å². The van der Waals surface area contributed by atoms with Crippen molar-refractivity contribution in [3.8, 4) is 12.3 Å². The van der Waals surface area contributed by atoms with Gasteiger partial charge >= 0.3 is 0 Å². The van der Waals surface area contributed by atoms with E-state index in [1.807, 2.05) is 6.92 Å². The number of anilines is 1. The molecule has 0 bridgehead atoms. The third-order valence-electron chi connectivity index (χ3n) is 2.24. The zero-order valence-electron chi connectivity index (χ0n) is 10.4. The van der Waals surface area contributed by atoms with Gasteiger partial charge in [-0.2, -0.15) is 0 Å². The van der Waals surface area contributed by atoms with Crippen LogP contribution in [0, 0.1) is 12.3 Å². The van der Waals surface area contributed by atoms with E-state index in [9.17, 15) is 9.59 Å². The minimum absolute atomic E-state index is 0.0692. The van der Waals surface area contributed by atoms with Gasteiger partial charge in [-0.1, -0.05) is 12.8 Å². The van der Waals surface area contributed by atoms with Crippen LogP contribution in [0.5, 0.6) is 0 Å². The van der Waals surface area contributed by atoms with Gasteiger partial charge in [0.25, 0.3) is 5.56 Å². The summed E-state index contributed by atoms with van der Waals surface area (Å²) in [5.74, 6) is 2.20. The first-order valence-electron chi connectivity index (χ1n) is 5.82. The average molecular weight is 247 g/mol. The van der Waals surface area contributed by atoms with Crippen LogP contribution in [0.3, 0.4) is 0 Å². The van der Waals surface area contributed by atoms with Crippen LogP contribution in [0.15, 0.2) is 23.1 Å². The largest absolute Gasteiger partial charge is 0.324 e. The predicted molar refractivity (Wildman–Crippen MR) is 71.3 cm³/mol. The summed E-state index contributed by atoms with van der Waals surface area (Å²) in [6, 6.07) is 3.04. The van der Waals surface area contributed by atoms with Gasteiger partial charge in [-0.05, 0) is 12.5 Å². The molecule has 2 N–H and O–H groups in total. The zero-order chi connectivity index (χ0) is 13.4. The second kappa shape index (κ2) is 7.30. The van der Waals surface area contributed by atoms with Crippen LogP contribution in [0.2, 0.25) is 0 Å². The fourth-order valence-corrected chi connectivity index (χ4v) is 1.47. The Morgan fingerprint density at radius 1 is 1.50 bits per heavy atom. The van der Waals surface area contributed by atoms with Crippen molar-refractivity contribution in [3.63, 3.8) is 0 Å². The summed E-state index contributed by atoms with van der Waals surface area (Å²) < 4.78 is 1.57. The molecule has 0 saturated heterocycles. The first-order valence-corrected chi connectivity index (χ1v) is 5.82. The standard InChI is InChI=1S/C13H17N3O2/c1-3-7-14-9-12(17)15-11-5-6-13(18)16(10-11)8-4-2/h1,5-6,10,14H,4,7-9H2,2H3,(H,15,17). The van der Waals surface area contributed by atoms with E-state index in [2.05, 4.69) is 16.6 Å². The topological polar surface area (TPSA) is 63.1 Å². The minimum atomic E-state index is -0.188. The van der Waals surface area contributed by atoms with E-state index in [0.29, 0.717) is 18.8 Å². The van der Waals surface area contributed by atoms with Crippen LogP contribution < -0.4 is 16.2 Å². The molecule has 1 heterocycles. The van der Waals surface area contributed by atoms with E-state index in [4.69, 9.17) is 6.42 Å². The van der Waals surface area contributed by atoms with Crippen molar-refractivity contribution in [2.24, 2.45) is 0 Å². The number of terminal acetylenes is 1. The van der Waals surface area contributed by atoms with Crippen molar-refractivity contribution in [1.29, 1.82) is 0 Å². The number of nitrogens with zero attached hydrogens (tertiary/aromatic N) is 1. The molecular weight excluding hydrogens is 230 g/mol. The van der Waals surface area contributed by atoms with Crippen LogP contribution >= 0.6 is 0 Å². The summed E-state index contributed by atoms with van der Waals surface area (Å²) in [7, 11) is 0. The van der Waals surface area contributed by atoms with Gasteiger partial charge in [-0.25, -0.2) is 0 Å². The first-order chi connectivity index (χ1) is 8.67. The van der Waals surface area contributed by atoms with Crippen LogP contribution in [0.4, 0.5) is 5.69 Å². The van der Waals surface area contributed by atoms with Gasteiger partial charge in [0, 0.05) is 18.8 Å². The van der Waals surface area contributed by atoms with Gasteiger partial charge in [0.05, 0.1) is 18.8 Å². The van der Waals surface area contributed by atoms with Crippen LogP contribution in [0.25, 0.3) is 0 Å². The molecule has 0 aliphatic carbocycles. The summed E-state index contributed by atoms with van der Waals surface area (Å²) in [5.41, 5.74) is 0.538. The molecule has 0 aromatic carbocycles. The predicted octanol–water partition coefficient (Wildman–Crippen LogP) is 0.420. The number of rotatable bonds is 6. The lowest BCUT2D eigenvalue weighted by molar-refractivity contribution is -0.115. The highest BCUT2D eigenvalue weighted by atomic mass is 16.2. The number of hydrogen-bond donors (Lipinski definition) is 2. The maximum absolute atomic E-state index is 11.5. The van der Waals surface area contributed by atoms with Crippen molar-refractivity contribution >= 4 is 11.6 Å². The molecule has 18 heavy (non-hydrogen) atoms. The number of aromatic nitrogens is 1. The van der Waals surface area contributed by atoms with E-state index >= 15 is 0 Å². The highest BCUT2D eigenvalue weighted by Crippen LogP contribution is 2.03. The summed E-state index contributed by atoms with van der Waals surface area (Å²) in [6.45, 7) is 3.12. The van der Waals surface area contributed by atoms with E-state index in [-0.39, 0.29) is 18.0 Å². The molecule has 0 atom stereocenters. The summed E-state index contributed by atoms with van der Waals surface area (Å²) in [5, 5.41) is 5.49. The molecule has 0 aliphatic rings. The van der Waals surface area contributed by atoms with Gasteiger partial charge in [0.15, 0.2) is 0 Å². The van der Waals surface area contributed by atoms with Crippen LogP contribution in [-0.2, 0) is 11.3 Å². The van der Waals surface area contributed by atoms with E-state index in [1.54, 1.807) is 16.8 Å². The lowest BCUT2D eigenvalue weighted by atomic mass is 10.3. The molecule has 0 aliphatic heterocycles. The number of hydrogen-bond acceptors (Lipinski definition) is 3. The Bertz CT molecular complexity index is 500. The van der Waals surface area contributed by atoms with Gasteiger partial charge in [0.2, 0.25) is 5.91 Å². The Morgan fingerprint density at radius 3 is 2.94 bits per heavy atom. The number of carbonyl (C=O) groups excluding carboxylic acids is 1. The monoisotopic (exact) mass is 247 g/mol. The molecule has 0 radical (unpaired) electrons. The fraction of sp³-hybridized carbons (Fsp3) is 0.385. The SMILES string of the molecule is C#CCNCC(=O)Nc1ccc(=O)n(CCC)c1. The van der Waals surface area contributed by atoms with E-state index < -0.39 is 0 Å². The van der Waals surface area contributed by atoms with Gasteiger partial charge in [0.1, 0.15) is 0 Å². The Balaban J connectivity index is 2.62. The lowest BCUT2D eigenvalue weighted by Crippen LogP contribution is -2.29. The zero-order valence-corrected chi connectivity index (χ0v) is 10.4. The van der Waals surface area contributed by atoms with Gasteiger partial charge < -0.3 is 9.88 Å². The number of aryl methyl sites for hydroxylation is 1. The molecule has 1 rings (SSSR count). The molecule has 96 valence electrons. The lowest BCUT2D eigenvalue weighted by Gasteiger charge is -2.08. The average Bonchev–Trinajstić information content (AvgIpc) is 2.34. The van der Waals surface area contributed by atoms with Crippen LogP contribution in [0.1, 0.15) is 13.3 Å². The molecule has 0 fully saturated rings. The second-order valence-electron chi connectivity index (χ2n) is 3.81. The third kappa shape index (κ3) is 4.44. The first kappa shape index (κ1) is 14.0. The molecule has 0 unspecified atom stereocenters. The Kier molecular flexibility index (Phi) is 5.68. The Hall–Kier alpha value is -2.06. The molecule has 0 saturated carbocycles. The fourth-order valence-electron chi connectivity index (χ4n) is 1.47. The van der Waals surface area contributed by atoms with Crippen molar-refractivity contribution in [1.82, 2.24) is 9.88 Å². The molecule has 1 amide bonds. The van der Waals surface area contributed by atoms with E-state index in [0.717, 1.165) is 6.42 Å². The Labute approximate surface area is 106 Å². The quantitative estimate of drug-likeness (QED) is 0.565. The maximum atomic E-state index is 11.5. The molecule has 1 aromatic rings. The smallest absolute Gasteiger partial charge is 0.250 e. The third-order valence-corrected chi connectivity index (χ3v) is 2.24. The molecule has 0 spiro atoms. The number of nitrogens with one attached hydrogen (secondary N) is 2. The summed E-state index contributed by atoms with van der Waals surface area (Å²) >= 11 is 0. The number of pyridine rings is 1. The minimum Gasteiger partial charge on any atom is -0.324 e.